The monoisotopic (exact) mass is 514 g/mol. The number of aromatic nitrogens is 1. The summed E-state index contributed by atoms with van der Waals surface area (Å²) in [5.74, 6) is 1.02. The molecule has 4 rings (SSSR count). The number of benzene rings is 1. The molecule has 1 aliphatic heterocycles. The van der Waals surface area contributed by atoms with E-state index in [0.29, 0.717) is 12.8 Å². The number of aliphatic carboxylic acids is 1. The topological polar surface area (TPSA) is 82.9 Å². The smallest absolute Gasteiger partial charge is 0.303 e. The van der Waals surface area contributed by atoms with Gasteiger partial charge in [0.25, 0.3) is 0 Å². The quantitative estimate of drug-likeness (QED) is 0.314. The van der Waals surface area contributed by atoms with Crippen molar-refractivity contribution in [2.24, 2.45) is 5.41 Å². The summed E-state index contributed by atoms with van der Waals surface area (Å²) >= 11 is 3.66. The fraction of sp³-hybridized carbons (Fsp3) is 0.481. The lowest BCUT2D eigenvalue weighted by molar-refractivity contribution is -0.141. The lowest BCUT2D eigenvalue weighted by Crippen LogP contribution is -2.42. The Labute approximate surface area is 215 Å². The van der Waals surface area contributed by atoms with Crippen LogP contribution in [0.4, 0.5) is 0 Å². The van der Waals surface area contributed by atoms with Gasteiger partial charge in [-0.05, 0) is 91.9 Å². The molecule has 0 bridgehead atoms. The van der Waals surface area contributed by atoms with Crippen LogP contribution in [0.5, 0.6) is 5.75 Å². The molecule has 1 aliphatic rings. The van der Waals surface area contributed by atoms with Gasteiger partial charge in [-0.25, -0.2) is 0 Å². The number of piperidine rings is 1. The van der Waals surface area contributed by atoms with Gasteiger partial charge in [0.2, 0.25) is 0 Å². The number of likely N-dealkylation sites (tertiary alicyclic amines) is 1. The van der Waals surface area contributed by atoms with Crippen molar-refractivity contribution in [1.29, 1.82) is 0 Å². The molecule has 1 fully saturated rings. The number of hydrogen-bond donors (Lipinski definition) is 2. The Bertz CT molecular complexity index is 1130. The molecule has 6 nitrogen and oxygen atoms in total. The second-order valence-electron chi connectivity index (χ2n) is 9.49. The van der Waals surface area contributed by atoms with E-state index < -0.39 is 12.1 Å². The van der Waals surface area contributed by atoms with Gasteiger partial charge in [-0.1, -0.05) is 6.07 Å². The van der Waals surface area contributed by atoms with E-state index in [1.54, 1.807) is 24.6 Å². The van der Waals surface area contributed by atoms with Gasteiger partial charge in [-0.3, -0.25) is 9.78 Å². The van der Waals surface area contributed by atoms with Crippen molar-refractivity contribution in [2.75, 3.05) is 32.5 Å². The van der Waals surface area contributed by atoms with Crippen LogP contribution in [0.25, 0.3) is 10.9 Å². The summed E-state index contributed by atoms with van der Waals surface area (Å²) in [6, 6.07) is 9.93. The molecular formula is C27H34N2O4S2. The first-order valence-electron chi connectivity index (χ1n) is 12.1. The number of thiophene rings is 1. The maximum atomic E-state index is 11.8. The Balaban J connectivity index is 1.40. The molecule has 8 heteroatoms. The number of carbonyl (C=O) groups is 1. The Morgan fingerprint density at radius 2 is 2.11 bits per heavy atom. The van der Waals surface area contributed by atoms with Gasteiger partial charge in [-0.2, -0.15) is 0 Å². The average molecular weight is 515 g/mol. The Kier molecular flexibility index (Phi) is 8.70. The summed E-state index contributed by atoms with van der Waals surface area (Å²) in [5.41, 5.74) is 2.34. The normalized spacial score (nSPS) is 16.9. The third-order valence-corrected chi connectivity index (χ3v) is 9.30. The number of carboxylic acid groups (broad SMARTS) is 1. The van der Waals surface area contributed by atoms with Crippen molar-refractivity contribution in [3.63, 3.8) is 0 Å². The minimum Gasteiger partial charge on any atom is -0.497 e. The van der Waals surface area contributed by atoms with Crippen molar-refractivity contribution in [3.8, 4) is 5.75 Å². The largest absolute Gasteiger partial charge is 0.497 e. The standard InChI is InChI=1S/C27H34N2O4S2/c1-19-18-28-22-6-5-20(33-2)16-21(22)26(19)23(30)7-8-27(17-24(31)32)9-11-29(12-10-27)13-15-35-25-4-3-14-34-25/h3-6,14,16,18,23,30H,7-13,15,17H2,1-2H3,(H,31,32)/t23-/m0/s1. The number of pyridine rings is 1. The first-order chi connectivity index (χ1) is 16.9. The predicted molar refractivity (Wildman–Crippen MR) is 143 cm³/mol. The molecule has 0 radical (unpaired) electrons. The SMILES string of the molecule is COc1ccc2ncc(C)c([C@@H](O)CCC3(CC(=O)O)CCN(CCSc4cccs4)CC3)c2c1. The van der Waals surface area contributed by atoms with Crippen molar-refractivity contribution >= 4 is 40.0 Å². The predicted octanol–water partition coefficient (Wildman–Crippen LogP) is 5.78. The van der Waals surface area contributed by atoms with Crippen molar-refractivity contribution < 1.29 is 19.7 Å². The summed E-state index contributed by atoms with van der Waals surface area (Å²) in [6.45, 7) is 4.79. The van der Waals surface area contributed by atoms with E-state index in [9.17, 15) is 15.0 Å². The van der Waals surface area contributed by atoms with Crippen LogP contribution in [0, 0.1) is 12.3 Å². The summed E-state index contributed by atoms with van der Waals surface area (Å²) in [7, 11) is 1.63. The maximum Gasteiger partial charge on any atom is 0.303 e. The fourth-order valence-electron chi connectivity index (χ4n) is 5.16. The number of methoxy groups -OCH3 is 1. The zero-order chi connectivity index (χ0) is 24.8. The van der Waals surface area contributed by atoms with E-state index in [-0.39, 0.29) is 11.8 Å². The molecule has 1 aromatic carbocycles. The zero-order valence-electron chi connectivity index (χ0n) is 20.4. The van der Waals surface area contributed by atoms with Crippen LogP contribution >= 0.6 is 23.1 Å². The minimum absolute atomic E-state index is 0.154. The summed E-state index contributed by atoms with van der Waals surface area (Å²) in [4.78, 5) is 18.7. The number of fused-ring (bicyclic) bond motifs is 1. The van der Waals surface area contributed by atoms with Gasteiger partial charge < -0.3 is 19.8 Å². The highest BCUT2D eigenvalue weighted by atomic mass is 32.2. The number of ether oxygens (including phenoxy) is 1. The molecule has 35 heavy (non-hydrogen) atoms. The van der Waals surface area contributed by atoms with Crippen LogP contribution in [0.15, 0.2) is 46.1 Å². The molecule has 0 unspecified atom stereocenters. The summed E-state index contributed by atoms with van der Waals surface area (Å²) in [6.07, 6.45) is 4.18. The Morgan fingerprint density at radius 1 is 1.31 bits per heavy atom. The molecule has 3 heterocycles. The number of nitrogens with zero attached hydrogens (tertiary/aromatic N) is 2. The molecule has 1 saturated heterocycles. The van der Waals surface area contributed by atoms with Crippen LogP contribution in [0.2, 0.25) is 0 Å². The molecule has 1 atom stereocenters. The molecule has 188 valence electrons. The van der Waals surface area contributed by atoms with E-state index in [1.165, 1.54) is 4.21 Å². The van der Waals surface area contributed by atoms with Gasteiger partial charge in [0.05, 0.1) is 29.4 Å². The van der Waals surface area contributed by atoms with Crippen molar-refractivity contribution in [1.82, 2.24) is 9.88 Å². The van der Waals surface area contributed by atoms with E-state index in [2.05, 4.69) is 27.4 Å². The summed E-state index contributed by atoms with van der Waals surface area (Å²) < 4.78 is 6.73. The van der Waals surface area contributed by atoms with Crippen molar-refractivity contribution in [2.45, 2.75) is 49.3 Å². The van der Waals surface area contributed by atoms with Gasteiger partial charge in [-0.15, -0.1) is 23.1 Å². The molecule has 0 saturated carbocycles. The number of thioether (sulfide) groups is 1. The highest BCUT2D eigenvalue weighted by Crippen LogP contribution is 2.42. The third kappa shape index (κ3) is 6.55. The number of carboxylic acids is 1. The van der Waals surface area contributed by atoms with Crippen LogP contribution in [0.1, 0.15) is 49.3 Å². The highest BCUT2D eigenvalue weighted by Gasteiger charge is 2.37. The van der Waals surface area contributed by atoms with E-state index in [0.717, 1.165) is 66.0 Å². The number of hydrogen-bond acceptors (Lipinski definition) is 7. The highest BCUT2D eigenvalue weighted by molar-refractivity contribution is 8.01. The van der Waals surface area contributed by atoms with Crippen molar-refractivity contribution in [3.05, 3.63) is 53.0 Å². The number of aryl methyl sites for hydroxylation is 1. The van der Waals surface area contributed by atoms with Gasteiger partial charge in [0, 0.05) is 23.9 Å². The molecular weight excluding hydrogens is 480 g/mol. The molecule has 3 aromatic rings. The van der Waals surface area contributed by atoms with Gasteiger partial charge >= 0.3 is 5.97 Å². The van der Waals surface area contributed by atoms with E-state index in [1.807, 2.05) is 36.9 Å². The van der Waals surface area contributed by atoms with E-state index in [4.69, 9.17) is 4.74 Å². The molecule has 2 N–H and O–H groups in total. The lowest BCUT2D eigenvalue weighted by Gasteiger charge is -2.41. The second-order valence-corrected chi connectivity index (χ2v) is 11.8. The minimum atomic E-state index is -0.753. The Hall–Kier alpha value is -2.13. The Morgan fingerprint density at radius 3 is 2.80 bits per heavy atom. The van der Waals surface area contributed by atoms with Crippen LogP contribution in [-0.2, 0) is 4.79 Å². The average Bonchev–Trinajstić information content (AvgIpc) is 3.36. The fourth-order valence-corrected chi connectivity index (χ4v) is 7.02. The second kappa shape index (κ2) is 11.7. The van der Waals surface area contributed by atoms with E-state index >= 15 is 0 Å². The zero-order valence-corrected chi connectivity index (χ0v) is 22.0. The third-order valence-electron chi connectivity index (χ3n) is 7.19. The lowest BCUT2D eigenvalue weighted by atomic mass is 9.71. The number of aliphatic hydroxyl groups excluding tert-OH is 1. The van der Waals surface area contributed by atoms with Gasteiger partial charge in [0.15, 0.2) is 0 Å². The van der Waals surface area contributed by atoms with Crippen LogP contribution in [0.3, 0.4) is 0 Å². The first-order valence-corrected chi connectivity index (χ1v) is 14.0. The summed E-state index contributed by atoms with van der Waals surface area (Å²) in [5, 5.41) is 23.9. The van der Waals surface area contributed by atoms with Crippen LogP contribution in [-0.4, -0.2) is 58.6 Å². The van der Waals surface area contributed by atoms with Gasteiger partial charge in [0.1, 0.15) is 5.75 Å². The molecule has 0 spiro atoms. The molecule has 0 amide bonds. The number of rotatable bonds is 11. The molecule has 0 aliphatic carbocycles. The first kappa shape index (κ1) is 25.9. The van der Waals surface area contributed by atoms with Crippen LogP contribution < -0.4 is 4.74 Å². The maximum absolute atomic E-state index is 11.8. The number of aliphatic hydroxyl groups is 1. The molecule has 2 aromatic heterocycles.